The van der Waals surface area contributed by atoms with Crippen LogP contribution in [0.25, 0.3) is 0 Å². The average Bonchev–Trinajstić information content (AvgIpc) is 1.65. The third-order valence-electron chi connectivity index (χ3n) is 0.658. The molecule has 0 fully saturated rings. The maximum absolute atomic E-state index is 2.25. The number of nitrogens with zero attached hydrogens (tertiary/aromatic N) is 1. The molecule has 0 aromatic heterocycles. The van der Waals surface area contributed by atoms with E-state index < -0.39 is 0 Å². The summed E-state index contributed by atoms with van der Waals surface area (Å²) in [6, 6.07) is 0. The molecule has 40 valence electrons. The summed E-state index contributed by atoms with van der Waals surface area (Å²) in [5.74, 6) is 0. The molecule has 0 aliphatic heterocycles. The molecule has 0 radical (unpaired) electrons. The van der Waals surface area contributed by atoms with Crippen LogP contribution in [-0.4, -0.2) is 16.7 Å². The Morgan fingerprint density at radius 1 is 1.33 bits per heavy atom. The SMILES string of the molecule is CC[N]([Ir])CC. The van der Waals surface area contributed by atoms with Crippen molar-refractivity contribution in [1.82, 2.24) is 3.57 Å². The first-order chi connectivity index (χ1) is 2.81. The first-order valence-corrected chi connectivity index (χ1v) is 3.27. The molecule has 0 aromatic carbocycles. The fraction of sp³-hybridized carbons (Fsp3) is 1.00. The summed E-state index contributed by atoms with van der Waals surface area (Å²) in [5, 5.41) is 0. The fourth-order valence-corrected chi connectivity index (χ4v) is 0.224. The number of hydrogen-bond donors (Lipinski definition) is 0. The minimum absolute atomic E-state index is 1.16. The van der Waals surface area contributed by atoms with Gasteiger partial charge in [0.15, 0.2) is 0 Å². The van der Waals surface area contributed by atoms with Crippen molar-refractivity contribution < 1.29 is 19.1 Å². The zero-order valence-electron chi connectivity index (χ0n) is 4.19. The summed E-state index contributed by atoms with van der Waals surface area (Å²) >= 11 is 2.11. The Morgan fingerprint density at radius 2 is 1.67 bits per heavy atom. The molecule has 0 bridgehead atoms. The van der Waals surface area contributed by atoms with Gasteiger partial charge in [-0.05, 0) is 0 Å². The summed E-state index contributed by atoms with van der Waals surface area (Å²) < 4.78 is 2.25. The van der Waals surface area contributed by atoms with E-state index in [0.29, 0.717) is 0 Å². The van der Waals surface area contributed by atoms with Crippen LogP contribution in [-0.2, 0) is 19.1 Å². The molecule has 0 aromatic rings. The minimum atomic E-state index is 1.16. The van der Waals surface area contributed by atoms with Gasteiger partial charge in [0.25, 0.3) is 0 Å². The Hall–Kier alpha value is 0.609. The Kier molecular flexibility index (Phi) is 4.17. The van der Waals surface area contributed by atoms with E-state index >= 15 is 0 Å². The van der Waals surface area contributed by atoms with E-state index in [9.17, 15) is 0 Å². The first kappa shape index (κ1) is 6.61. The molecule has 0 unspecified atom stereocenters. The molecular weight excluding hydrogens is 254 g/mol. The van der Waals surface area contributed by atoms with Crippen LogP contribution >= 0.6 is 0 Å². The quantitative estimate of drug-likeness (QED) is 0.713. The molecule has 6 heavy (non-hydrogen) atoms. The van der Waals surface area contributed by atoms with E-state index in [2.05, 4.69) is 36.6 Å². The Balaban J connectivity index is 2.75. The van der Waals surface area contributed by atoms with Gasteiger partial charge in [-0.25, -0.2) is 0 Å². The first-order valence-electron chi connectivity index (χ1n) is 2.20. The van der Waals surface area contributed by atoms with Crippen molar-refractivity contribution in [1.29, 1.82) is 0 Å². The fourth-order valence-electron chi connectivity index (χ4n) is 0.224. The normalized spacial score (nSPS) is 10.2. The van der Waals surface area contributed by atoms with Gasteiger partial charge in [-0.2, -0.15) is 0 Å². The van der Waals surface area contributed by atoms with Crippen LogP contribution in [0.2, 0.25) is 0 Å². The van der Waals surface area contributed by atoms with Crippen LogP contribution in [0.15, 0.2) is 0 Å². The number of hydrogen-bond acceptors (Lipinski definition) is 1. The third-order valence-corrected chi connectivity index (χ3v) is 2.17. The van der Waals surface area contributed by atoms with Crippen LogP contribution < -0.4 is 0 Å². The van der Waals surface area contributed by atoms with Crippen molar-refractivity contribution in [2.45, 2.75) is 13.8 Å². The molecule has 0 rings (SSSR count). The van der Waals surface area contributed by atoms with Crippen LogP contribution in [0.5, 0.6) is 0 Å². The topological polar surface area (TPSA) is 3.24 Å². The van der Waals surface area contributed by atoms with Crippen molar-refractivity contribution in [3.8, 4) is 0 Å². The van der Waals surface area contributed by atoms with Gasteiger partial charge in [0.1, 0.15) is 0 Å². The molecule has 1 nitrogen and oxygen atoms in total. The molecule has 0 spiro atoms. The van der Waals surface area contributed by atoms with Gasteiger partial charge in [-0.15, -0.1) is 0 Å². The molecule has 0 saturated carbocycles. The average molecular weight is 264 g/mol. The third kappa shape index (κ3) is 2.83. The summed E-state index contributed by atoms with van der Waals surface area (Å²) in [5.41, 5.74) is 0. The van der Waals surface area contributed by atoms with Gasteiger partial charge in [0.05, 0.1) is 0 Å². The van der Waals surface area contributed by atoms with Crippen LogP contribution in [0, 0.1) is 0 Å². The van der Waals surface area contributed by atoms with Crippen LogP contribution in [0.3, 0.4) is 0 Å². The van der Waals surface area contributed by atoms with E-state index in [-0.39, 0.29) is 0 Å². The summed E-state index contributed by atoms with van der Waals surface area (Å²) in [4.78, 5) is 0. The molecule has 0 aliphatic carbocycles. The Labute approximate surface area is 50.2 Å². The summed E-state index contributed by atoms with van der Waals surface area (Å²) in [6.07, 6.45) is 0. The zero-order chi connectivity index (χ0) is 4.99. The molecule has 0 aliphatic rings. The van der Waals surface area contributed by atoms with Gasteiger partial charge < -0.3 is 0 Å². The van der Waals surface area contributed by atoms with E-state index in [0.717, 1.165) is 13.1 Å². The van der Waals surface area contributed by atoms with Gasteiger partial charge in [0, 0.05) is 0 Å². The summed E-state index contributed by atoms with van der Waals surface area (Å²) in [6.45, 7) is 6.64. The second-order valence-corrected chi connectivity index (χ2v) is 2.58. The predicted octanol–water partition coefficient (Wildman–Crippen LogP) is 0.790. The Morgan fingerprint density at radius 3 is 1.67 bits per heavy atom. The van der Waals surface area contributed by atoms with Crippen molar-refractivity contribution >= 4 is 0 Å². The van der Waals surface area contributed by atoms with E-state index in [4.69, 9.17) is 0 Å². The standard InChI is InChI=1S/C4H10N.Ir/c1-3-5-4-2;/h3-4H2,1-2H3;/q-1;+1. The van der Waals surface area contributed by atoms with Gasteiger partial charge >= 0.3 is 49.7 Å². The molecule has 0 N–H and O–H groups in total. The molecule has 0 atom stereocenters. The second-order valence-electron chi connectivity index (χ2n) is 1.07. The predicted molar refractivity (Wildman–Crippen MR) is 22.9 cm³/mol. The monoisotopic (exact) mass is 265 g/mol. The van der Waals surface area contributed by atoms with Crippen molar-refractivity contribution in [3.05, 3.63) is 0 Å². The maximum atomic E-state index is 2.25. The van der Waals surface area contributed by atoms with Gasteiger partial charge in [-0.1, -0.05) is 0 Å². The van der Waals surface area contributed by atoms with E-state index in [1.54, 1.807) is 0 Å². The molecule has 0 saturated heterocycles. The molecule has 0 amide bonds. The number of rotatable bonds is 2. The van der Waals surface area contributed by atoms with Crippen molar-refractivity contribution in [2.24, 2.45) is 0 Å². The van der Waals surface area contributed by atoms with E-state index in [1.165, 1.54) is 0 Å². The Bertz CT molecular complexity index is 26.7. The summed E-state index contributed by atoms with van der Waals surface area (Å²) in [7, 11) is 0. The van der Waals surface area contributed by atoms with Crippen LogP contribution in [0.1, 0.15) is 13.8 Å². The van der Waals surface area contributed by atoms with Gasteiger partial charge in [0.2, 0.25) is 0 Å². The zero-order valence-corrected chi connectivity index (χ0v) is 6.59. The molecule has 2 heteroatoms. The molecule has 0 heterocycles. The van der Waals surface area contributed by atoms with Gasteiger partial charge in [-0.3, -0.25) is 0 Å². The van der Waals surface area contributed by atoms with Crippen molar-refractivity contribution in [3.63, 3.8) is 0 Å². The van der Waals surface area contributed by atoms with Crippen LogP contribution in [0.4, 0.5) is 0 Å². The van der Waals surface area contributed by atoms with E-state index in [1.807, 2.05) is 0 Å². The second kappa shape index (κ2) is 3.79. The molecular formula is C4H10IrN. The van der Waals surface area contributed by atoms with Crippen molar-refractivity contribution in [2.75, 3.05) is 13.1 Å².